The molecule has 11 N–H and O–H groups in total. The fourth-order valence-corrected chi connectivity index (χ4v) is 11.6. The number of aliphatic hydroxyl groups is 6. The van der Waals surface area contributed by atoms with Crippen LogP contribution in [-0.2, 0) is 9.59 Å². The molecular weight excluding hydrogens is 1140 g/mol. The number of nitrogens with one attached hydrogen (secondary N) is 1. The van der Waals surface area contributed by atoms with Crippen molar-refractivity contribution in [2.75, 3.05) is 49.3 Å². The van der Waals surface area contributed by atoms with Gasteiger partial charge in [0.15, 0.2) is 5.78 Å². The van der Waals surface area contributed by atoms with E-state index < -0.39 is 93.0 Å². The fraction of sp³-hybridized carbons (Fsp3) is 0.419. The van der Waals surface area contributed by atoms with E-state index in [9.17, 15) is 59.4 Å². The Bertz CT molecular complexity index is 1740. The molecule has 0 aliphatic heterocycles. The van der Waals surface area contributed by atoms with Gasteiger partial charge in [0.05, 0.1) is 82.9 Å². The number of rotatable bonds is 17. The van der Waals surface area contributed by atoms with Crippen LogP contribution >= 0.6 is 90.4 Å². The summed E-state index contributed by atoms with van der Waals surface area (Å²) in [5, 5.41) is 61.8. The summed E-state index contributed by atoms with van der Waals surface area (Å²) in [6.45, 7) is 0.125. The molecule has 0 aliphatic rings. The standard InChI is InChI=1S/C31H37I4N5O12/c1-11-19(29(36)50)23(32)20(31(52)38-5-14(45)8-41)12(2)27(11)39(6-15(46)9-42)17(48)4-18(49)40(7-16(47)10-43)28-25(34)21(13(3)44)24(33)22(26(28)35)30(37)51/h14-16,41-43,45-47H,4-10H2,1-3H3,(H2,36,50)(H2,37,51)(H,38,52). The lowest BCUT2D eigenvalue weighted by Crippen LogP contribution is -2.46. The van der Waals surface area contributed by atoms with Crippen molar-refractivity contribution in [3.63, 3.8) is 0 Å². The minimum atomic E-state index is -1.59. The molecule has 0 saturated heterocycles. The van der Waals surface area contributed by atoms with Crippen molar-refractivity contribution in [3.05, 3.63) is 47.7 Å². The number of primary amides is 2. The van der Waals surface area contributed by atoms with E-state index in [0.717, 1.165) is 9.80 Å². The highest BCUT2D eigenvalue weighted by molar-refractivity contribution is 14.1. The van der Waals surface area contributed by atoms with Crippen LogP contribution in [0, 0.1) is 28.1 Å². The van der Waals surface area contributed by atoms with Gasteiger partial charge in [-0.2, -0.15) is 0 Å². The third kappa shape index (κ3) is 10.5. The van der Waals surface area contributed by atoms with Gasteiger partial charge in [-0.3, -0.25) is 28.8 Å². The number of aliphatic hydroxyl groups excluding tert-OH is 6. The Labute approximate surface area is 352 Å². The zero-order valence-corrected chi connectivity index (χ0v) is 36.5. The number of anilines is 2. The average molecular weight is 1180 g/mol. The number of nitrogens with zero attached hydrogens (tertiary/aromatic N) is 2. The van der Waals surface area contributed by atoms with Crippen LogP contribution in [0.2, 0.25) is 0 Å². The maximum absolute atomic E-state index is 14.2. The molecule has 2 rings (SSSR count). The van der Waals surface area contributed by atoms with Crippen molar-refractivity contribution in [1.82, 2.24) is 5.32 Å². The summed E-state index contributed by atoms with van der Waals surface area (Å²) in [5.41, 5.74) is 11.0. The predicted molar refractivity (Wildman–Crippen MR) is 221 cm³/mol. The lowest BCUT2D eigenvalue weighted by atomic mass is 9.94. The second-order valence-electron chi connectivity index (χ2n) is 11.4. The summed E-state index contributed by atoms with van der Waals surface area (Å²) in [5.74, 6) is -5.24. The maximum atomic E-state index is 14.2. The number of carbonyl (C=O) groups is 6. The number of halogens is 4. The Morgan fingerprint density at radius 3 is 1.46 bits per heavy atom. The van der Waals surface area contributed by atoms with Gasteiger partial charge in [0.2, 0.25) is 17.7 Å². The highest BCUT2D eigenvalue weighted by atomic mass is 127. The van der Waals surface area contributed by atoms with Crippen molar-refractivity contribution in [3.8, 4) is 0 Å². The van der Waals surface area contributed by atoms with E-state index in [4.69, 9.17) is 11.5 Å². The normalized spacial score (nSPS) is 12.9. The maximum Gasteiger partial charge on any atom is 0.252 e. The second-order valence-corrected chi connectivity index (χ2v) is 15.7. The highest BCUT2D eigenvalue weighted by Gasteiger charge is 2.35. The topological polar surface area (TPSA) is 294 Å². The van der Waals surface area contributed by atoms with Gasteiger partial charge in [-0.1, -0.05) is 0 Å². The second kappa shape index (κ2) is 20.2. The van der Waals surface area contributed by atoms with Gasteiger partial charge in [-0.25, -0.2) is 0 Å². The molecule has 17 nitrogen and oxygen atoms in total. The van der Waals surface area contributed by atoms with E-state index in [1.807, 2.05) is 0 Å². The van der Waals surface area contributed by atoms with Gasteiger partial charge in [-0.05, 0) is 122 Å². The minimum absolute atomic E-state index is 0.0437. The van der Waals surface area contributed by atoms with Crippen LogP contribution in [0.3, 0.4) is 0 Å². The van der Waals surface area contributed by atoms with Gasteiger partial charge in [0.1, 0.15) is 6.42 Å². The smallest absolute Gasteiger partial charge is 0.252 e. The van der Waals surface area contributed by atoms with Crippen LogP contribution in [0.5, 0.6) is 0 Å². The summed E-state index contributed by atoms with van der Waals surface area (Å²) < 4.78 is 0.593. The first-order chi connectivity index (χ1) is 24.2. The number of nitrogens with two attached hydrogens (primary N) is 2. The van der Waals surface area contributed by atoms with E-state index >= 15 is 0 Å². The average Bonchev–Trinajstić information content (AvgIpc) is 3.04. The number of carbonyl (C=O) groups excluding carboxylic acids is 6. The summed E-state index contributed by atoms with van der Waals surface area (Å²) in [7, 11) is 0. The van der Waals surface area contributed by atoms with Crippen LogP contribution < -0.4 is 26.6 Å². The van der Waals surface area contributed by atoms with Gasteiger partial charge in [-0.15, -0.1) is 0 Å². The van der Waals surface area contributed by atoms with Gasteiger partial charge >= 0.3 is 0 Å². The molecule has 3 unspecified atom stereocenters. The Morgan fingerprint density at radius 1 is 0.635 bits per heavy atom. The largest absolute Gasteiger partial charge is 0.394 e. The van der Waals surface area contributed by atoms with Crippen LogP contribution in [0.15, 0.2) is 0 Å². The van der Waals surface area contributed by atoms with Crippen molar-refractivity contribution in [2.24, 2.45) is 11.5 Å². The van der Waals surface area contributed by atoms with E-state index in [2.05, 4.69) is 5.32 Å². The van der Waals surface area contributed by atoms with Crippen molar-refractivity contribution >= 4 is 137 Å². The number of benzene rings is 2. The zero-order chi connectivity index (χ0) is 39.9. The summed E-state index contributed by atoms with van der Waals surface area (Å²) in [6, 6.07) is 0. The molecule has 2 aromatic carbocycles. The molecule has 52 heavy (non-hydrogen) atoms. The predicted octanol–water partition coefficient (Wildman–Crippen LogP) is -0.332. The molecule has 0 aliphatic carbocycles. The molecule has 21 heteroatoms. The number of hydrogen-bond donors (Lipinski definition) is 9. The van der Waals surface area contributed by atoms with Crippen LogP contribution in [-0.4, -0.2) is 124 Å². The third-order valence-corrected chi connectivity index (χ3v) is 11.9. The fourth-order valence-electron chi connectivity index (χ4n) is 5.21. The molecule has 286 valence electrons. The molecule has 3 atom stereocenters. The molecular formula is C31H37I4N5O12. The van der Waals surface area contributed by atoms with Gasteiger partial charge in [0, 0.05) is 22.8 Å². The van der Waals surface area contributed by atoms with E-state index in [-0.39, 0.29) is 65.6 Å². The summed E-state index contributed by atoms with van der Waals surface area (Å²) in [6.07, 6.45) is -5.48. The van der Waals surface area contributed by atoms with Crippen molar-refractivity contribution in [1.29, 1.82) is 0 Å². The SMILES string of the molecule is CC(=O)c1c(I)c(C(N)=O)c(I)c(N(CC(O)CO)C(=O)CC(=O)N(CC(O)CO)c2c(C)c(C(N)=O)c(I)c(C(=O)NCC(O)CO)c2C)c1I. The van der Waals surface area contributed by atoms with Crippen LogP contribution in [0.25, 0.3) is 0 Å². The minimum Gasteiger partial charge on any atom is -0.394 e. The molecule has 0 fully saturated rings. The quantitative estimate of drug-likeness (QED) is 0.0560. The number of amides is 5. The Morgan fingerprint density at radius 2 is 1.04 bits per heavy atom. The summed E-state index contributed by atoms with van der Waals surface area (Å²) in [4.78, 5) is 81.6. The van der Waals surface area contributed by atoms with Crippen LogP contribution in [0.1, 0.15) is 65.9 Å². The molecule has 0 saturated carbocycles. The van der Waals surface area contributed by atoms with E-state index in [0.29, 0.717) is 0 Å². The first-order valence-corrected chi connectivity index (χ1v) is 19.4. The van der Waals surface area contributed by atoms with Crippen molar-refractivity contribution < 1.29 is 59.4 Å². The molecule has 5 amide bonds. The molecule has 0 aromatic heterocycles. The molecule has 0 heterocycles. The van der Waals surface area contributed by atoms with Gasteiger partial charge < -0.3 is 57.2 Å². The Hall–Kier alpha value is -1.86. The van der Waals surface area contributed by atoms with E-state index in [1.165, 1.54) is 20.8 Å². The van der Waals surface area contributed by atoms with Gasteiger partial charge in [0.25, 0.3) is 11.8 Å². The molecule has 0 spiro atoms. The number of Topliss-reactive ketones (excluding diaryl/α,β-unsaturated/α-hetero) is 1. The highest BCUT2D eigenvalue weighted by Crippen LogP contribution is 2.39. The lowest BCUT2D eigenvalue weighted by Gasteiger charge is -2.32. The summed E-state index contributed by atoms with van der Waals surface area (Å²) >= 11 is 7.04. The Kier molecular flexibility index (Phi) is 18.0. The number of ketones is 1. The first kappa shape index (κ1) is 46.3. The molecule has 0 bridgehead atoms. The van der Waals surface area contributed by atoms with E-state index in [1.54, 1.807) is 90.4 Å². The van der Waals surface area contributed by atoms with Crippen molar-refractivity contribution in [2.45, 2.75) is 45.5 Å². The monoisotopic (exact) mass is 1180 g/mol. The third-order valence-electron chi connectivity index (χ3n) is 7.63. The Balaban J connectivity index is 2.89. The zero-order valence-electron chi connectivity index (χ0n) is 27.9. The molecule has 0 radical (unpaired) electrons. The molecule has 2 aromatic rings. The first-order valence-electron chi connectivity index (χ1n) is 15.1. The van der Waals surface area contributed by atoms with Crippen LogP contribution in [0.4, 0.5) is 11.4 Å². The lowest BCUT2D eigenvalue weighted by molar-refractivity contribution is -0.127. The number of hydrogen-bond acceptors (Lipinski definition) is 12.